The molecule has 0 amide bonds. The normalized spacial score (nSPS) is 12.9. The summed E-state index contributed by atoms with van der Waals surface area (Å²) in [5.41, 5.74) is -1.81. The van der Waals surface area contributed by atoms with E-state index < -0.39 is 32.7 Å². The van der Waals surface area contributed by atoms with Crippen molar-refractivity contribution < 1.29 is 35.8 Å². The van der Waals surface area contributed by atoms with Gasteiger partial charge in [-0.15, -0.1) is 0 Å². The molecular formula is C16H18F2N2O6S. The second-order valence-corrected chi connectivity index (χ2v) is 7.40. The number of ether oxygens (including phenoxy) is 2. The Balaban J connectivity index is 3.07. The first-order valence-electron chi connectivity index (χ1n) is 7.57. The van der Waals surface area contributed by atoms with Crippen LogP contribution in [0.25, 0.3) is 0 Å². The number of methoxy groups -OCH3 is 1. The summed E-state index contributed by atoms with van der Waals surface area (Å²) in [6.07, 6.45) is 0.171. The molecule has 1 aromatic rings. The SMILES string of the molecule is CCC(C)(C)OC(=O)C(F)(F)S(=O)(=O)ON=C(C#N)c1ccc(OC)cc1. The zero-order valence-corrected chi connectivity index (χ0v) is 15.8. The Hall–Kier alpha value is -2.74. The highest BCUT2D eigenvalue weighted by Gasteiger charge is 2.58. The molecule has 0 aliphatic heterocycles. The average molecular weight is 404 g/mol. The van der Waals surface area contributed by atoms with Crippen LogP contribution in [0.1, 0.15) is 32.8 Å². The van der Waals surface area contributed by atoms with E-state index >= 15 is 0 Å². The molecule has 0 fully saturated rings. The second-order valence-electron chi connectivity index (χ2n) is 5.83. The minimum atomic E-state index is -5.84. The smallest absolute Gasteiger partial charge is 0.478 e. The van der Waals surface area contributed by atoms with Gasteiger partial charge in [-0.1, -0.05) is 12.1 Å². The number of benzene rings is 1. The molecule has 0 aliphatic carbocycles. The Morgan fingerprint density at radius 1 is 1.26 bits per heavy atom. The van der Waals surface area contributed by atoms with Crippen LogP contribution in [0.5, 0.6) is 5.75 Å². The standard InChI is InChI=1S/C16H18F2N2O6S/c1-5-15(2,3)25-14(21)16(17,18)27(22,23)26-20-13(10-19)11-6-8-12(24-4)9-7-11/h6-9H,5H2,1-4H3. The van der Waals surface area contributed by atoms with Gasteiger partial charge in [0.2, 0.25) is 0 Å². The predicted octanol–water partition coefficient (Wildman–Crippen LogP) is 2.59. The number of oxime groups is 1. The summed E-state index contributed by atoms with van der Waals surface area (Å²) in [7, 11) is -4.43. The molecule has 0 heterocycles. The highest BCUT2D eigenvalue weighted by Crippen LogP contribution is 2.28. The first-order chi connectivity index (χ1) is 12.4. The van der Waals surface area contributed by atoms with Crippen LogP contribution in [0.4, 0.5) is 8.78 Å². The van der Waals surface area contributed by atoms with Gasteiger partial charge in [0, 0.05) is 5.56 Å². The lowest BCUT2D eigenvalue weighted by Gasteiger charge is -2.25. The molecule has 0 atom stereocenters. The molecule has 0 saturated carbocycles. The molecule has 0 saturated heterocycles. The quantitative estimate of drug-likeness (QED) is 0.371. The van der Waals surface area contributed by atoms with Crippen LogP contribution in [0.2, 0.25) is 0 Å². The number of carbonyl (C=O) groups is 1. The van der Waals surface area contributed by atoms with Gasteiger partial charge in [0.05, 0.1) is 7.11 Å². The largest absolute Gasteiger partial charge is 0.497 e. The molecule has 0 aliphatic rings. The van der Waals surface area contributed by atoms with Gasteiger partial charge >= 0.3 is 21.3 Å². The number of carbonyl (C=O) groups excluding carboxylic acids is 1. The van der Waals surface area contributed by atoms with Gasteiger partial charge < -0.3 is 9.47 Å². The molecule has 0 radical (unpaired) electrons. The third kappa shape index (κ3) is 5.37. The number of nitriles is 1. The van der Waals surface area contributed by atoms with Crippen molar-refractivity contribution in [2.45, 2.75) is 38.0 Å². The maximum atomic E-state index is 14.0. The van der Waals surface area contributed by atoms with Gasteiger partial charge in [-0.3, -0.25) is 4.28 Å². The maximum Gasteiger partial charge on any atom is 0.478 e. The zero-order chi connectivity index (χ0) is 20.9. The maximum absolute atomic E-state index is 14.0. The van der Waals surface area contributed by atoms with E-state index in [1.165, 1.54) is 51.3 Å². The van der Waals surface area contributed by atoms with Crippen LogP contribution in [0.3, 0.4) is 0 Å². The summed E-state index contributed by atoms with van der Waals surface area (Å²) >= 11 is 0. The minimum absolute atomic E-state index is 0.0894. The van der Waals surface area contributed by atoms with E-state index in [0.717, 1.165) is 0 Å². The van der Waals surface area contributed by atoms with Crippen molar-refractivity contribution >= 4 is 21.8 Å². The molecule has 0 bridgehead atoms. The fourth-order valence-corrected chi connectivity index (χ4v) is 2.02. The van der Waals surface area contributed by atoms with E-state index in [1.807, 2.05) is 0 Å². The number of nitrogens with zero attached hydrogens (tertiary/aromatic N) is 2. The van der Waals surface area contributed by atoms with Crippen molar-refractivity contribution in [3.05, 3.63) is 29.8 Å². The van der Waals surface area contributed by atoms with Crippen LogP contribution in [0, 0.1) is 11.3 Å². The van der Waals surface area contributed by atoms with Gasteiger partial charge in [-0.25, -0.2) is 4.79 Å². The number of esters is 1. The summed E-state index contributed by atoms with van der Waals surface area (Å²) < 4.78 is 64.6. The molecule has 11 heteroatoms. The van der Waals surface area contributed by atoms with E-state index in [2.05, 4.69) is 14.2 Å². The molecule has 27 heavy (non-hydrogen) atoms. The van der Waals surface area contributed by atoms with Gasteiger partial charge in [0.1, 0.15) is 17.4 Å². The Bertz CT molecular complexity index is 858. The lowest BCUT2D eigenvalue weighted by atomic mass is 10.1. The Kier molecular flexibility index (Phi) is 6.86. The van der Waals surface area contributed by atoms with Gasteiger partial charge in [0.25, 0.3) is 0 Å². The number of halogens is 2. The average Bonchev–Trinajstić information content (AvgIpc) is 2.62. The summed E-state index contributed by atoms with van der Waals surface area (Å²) in [4.78, 5) is 11.6. The van der Waals surface area contributed by atoms with Crippen molar-refractivity contribution in [2.75, 3.05) is 7.11 Å². The van der Waals surface area contributed by atoms with E-state index in [-0.39, 0.29) is 12.0 Å². The number of hydrogen-bond acceptors (Lipinski definition) is 8. The van der Waals surface area contributed by atoms with Crippen molar-refractivity contribution in [2.24, 2.45) is 5.16 Å². The van der Waals surface area contributed by atoms with Crippen molar-refractivity contribution in [3.63, 3.8) is 0 Å². The Morgan fingerprint density at radius 3 is 2.26 bits per heavy atom. The molecule has 0 unspecified atom stereocenters. The van der Waals surface area contributed by atoms with E-state index in [1.54, 1.807) is 6.92 Å². The first kappa shape index (κ1) is 22.3. The third-order valence-electron chi connectivity index (χ3n) is 3.47. The van der Waals surface area contributed by atoms with E-state index in [4.69, 9.17) is 10.00 Å². The predicted molar refractivity (Wildman–Crippen MR) is 90.6 cm³/mol. The molecule has 0 spiro atoms. The molecule has 8 nitrogen and oxygen atoms in total. The molecule has 0 N–H and O–H groups in total. The highest BCUT2D eigenvalue weighted by atomic mass is 32.2. The fourth-order valence-electron chi connectivity index (χ4n) is 1.50. The fraction of sp³-hybridized carbons (Fsp3) is 0.438. The second kappa shape index (κ2) is 8.30. The van der Waals surface area contributed by atoms with Crippen molar-refractivity contribution in [1.29, 1.82) is 5.26 Å². The van der Waals surface area contributed by atoms with Gasteiger partial charge in [-0.2, -0.15) is 22.5 Å². The van der Waals surface area contributed by atoms with Crippen LogP contribution >= 0.6 is 0 Å². The number of rotatable bonds is 8. The zero-order valence-electron chi connectivity index (χ0n) is 15.0. The number of alkyl halides is 2. The lowest BCUT2D eigenvalue weighted by molar-refractivity contribution is -0.175. The summed E-state index contributed by atoms with van der Waals surface area (Å²) in [6, 6.07) is 7.08. The van der Waals surface area contributed by atoms with E-state index in [9.17, 15) is 22.0 Å². The Labute approximate surface area is 155 Å². The van der Waals surface area contributed by atoms with Crippen LogP contribution < -0.4 is 4.74 Å². The number of hydrogen-bond donors (Lipinski definition) is 0. The minimum Gasteiger partial charge on any atom is -0.497 e. The molecule has 1 rings (SSSR count). The van der Waals surface area contributed by atoms with Crippen LogP contribution in [-0.2, 0) is 23.9 Å². The highest BCUT2D eigenvalue weighted by molar-refractivity contribution is 7.88. The van der Waals surface area contributed by atoms with E-state index in [0.29, 0.717) is 5.75 Å². The van der Waals surface area contributed by atoms with Crippen molar-refractivity contribution in [1.82, 2.24) is 0 Å². The first-order valence-corrected chi connectivity index (χ1v) is 8.98. The van der Waals surface area contributed by atoms with Crippen molar-refractivity contribution in [3.8, 4) is 11.8 Å². The van der Waals surface area contributed by atoms with Gasteiger partial charge in [0.15, 0.2) is 5.71 Å². The van der Waals surface area contributed by atoms with Crippen LogP contribution in [-0.4, -0.2) is 38.1 Å². The lowest BCUT2D eigenvalue weighted by Crippen LogP contribution is -2.43. The Morgan fingerprint density at radius 2 is 1.81 bits per heavy atom. The van der Waals surface area contributed by atoms with Gasteiger partial charge in [-0.05, 0) is 44.5 Å². The molecule has 0 aromatic heterocycles. The summed E-state index contributed by atoms with van der Waals surface area (Å²) in [5, 5.41) is 6.97. The van der Waals surface area contributed by atoms with Crippen LogP contribution in [0.15, 0.2) is 29.4 Å². The molecular weight excluding hydrogens is 386 g/mol. The summed E-state index contributed by atoms with van der Waals surface area (Å²) in [5.74, 6) is -1.86. The molecule has 148 valence electrons. The topological polar surface area (TPSA) is 115 Å². The monoisotopic (exact) mass is 404 g/mol. The molecule has 1 aromatic carbocycles. The summed E-state index contributed by atoms with van der Waals surface area (Å²) in [6.45, 7) is 4.24. The third-order valence-corrected chi connectivity index (χ3v) is 4.53.